The van der Waals surface area contributed by atoms with Gasteiger partial charge in [0.2, 0.25) is 0 Å². The minimum atomic E-state index is -0.540. The first kappa shape index (κ1) is 20.8. The van der Waals surface area contributed by atoms with Gasteiger partial charge in [0, 0.05) is 43.9 Å². The second kappa shape index (κ2) is 9.11. The molecule has 1 aliphatic carbocycles. The minimum absolute atomic E-state index is 0.0770. The fourth-order valence-electron chi connectivity index (χ4n) is 4.14. The van der Waals surface area contributed by atoms with Crippen molar-refractivity contribution in [3.63, 3.8) is 0 Å². The maximum absolute atomic E-state index is 12.9. The quantitative estimate of drug-likeness (QED) is 0.587. The number of carbonyl (C=O) groups is 2. The van der Waals surface area contributed by atoms with E-state index >= 15 is 0 Å². The van der Waals surface area contributed by atoms with Crippen molar-refractivity contribution in [2.75, 3.05) is 26.2 Å². The lowest BCUT2D eigenvalue weighted by atomic mass is 9.96. The Morgan fingerprint density at radius 1 is 1.06 bits per heavy atom. The third-order valence-electron chi connectivity index (χ3n) is 5.87. The van der Waals surface area contributed by atoms with E-state index in [1.165, 1.54) is 35.9 Å². The molecule has 0 bridgehead atoms. The van der Waals surface area contributed by atoms with E-state index in [9.17, 15) is 19.7 Å². The summed E-state index contributed by atoms with van der Waals surface area (Å²) in [6.45, 7) is 1.64. The number of piperazine rings is 1. The van der Waals surface area contributed by atoms with E-state index in [4.69, 9.17) is 0 Å². The Labute approximate surface area is 179 Å². The normalized spacial score (nSPS) is 17.4. The van der Waals surface area contributed by atoms with E-state index in [0.29, 0.717) is 26.2 Å². The van der Waals surface area contributed by atoms with Crippen LogP contribution in [0.4, 0.5) is 10.5 Å². The van der Waals surface area contributed by atoms with Gasteiger partial charge in [-0.2, -0.15) is 5.10 Å². The van der Waals surface area contributed by atoms with Crippen LogP contribution >= 0.6 is 0 Å². The summed E-state index contributed by atoms with van der Waals surface area (Å²) < 4.78 is 1.29. The van der Waals surface area contributed by atoms with Crippen molar-refractivity contribution in [3.05, 3.63) is 46.5 Å². The molecule has 1 aromatic heterocycles. The molecule has 11 heteroatoms. The van der Waals surface area contributed by atoms with Gasteiger partial charge in [-0.15, -0.1) is 0 Å². The molecule has 4 rings (SSSR count). The average molecular weight is 427 g/mol. The zero-order chi connectivity index (χ0) is 21.8. The van der Waals surface area contributed by atoms with Crippen molar-refractivity contribution in [2.45, 2.75) is 38.1 Å². The van der Waals surface area contributed by atoms with Gasteiger partial charge in [0.25, 0.3) is 11.6 Å². The molecular weight excluding hydrogens is 402 g/mol. The number of nitrogens with one attached hydrogen (secondary N) is 1. The monoisotopic (exact) mass is 427 g/mol. The summed E-state index contributed by atoms with van der Waals surface area (Å²) in [6, 6.07) is 4.47. The summed E-state index contributed by atoms with van der Waals surface area (Å²) >= 11 is 0. The minimum Gasteiger partial charge on any atom is -0.335 e. The van der Waals surface area contributed by atoms with Crippen molar-refractivity contribution in [3.8, 4) is 5.69 Å². The van der Waals surface area contributed by atoms with Gasteiger partial charge in [0.1, 0.15) is 18.3 Å². The number of benzene rings is 1. The number of aromatic nitrogens is 3. The number of hydrogen-bond donors (Lipinski definition) is 1. The van der Waals surface area contributed by atoms with Gasteiger partial charge < -0.3 is 15.1 Å². The van der Waals surface area contributed by atoms with E-state index in [0.717, 1.165) is 25.7 Å². The zero-order valence-corrected chi connectivity index (χ0v) is 17.1. The SMILES string of the molecule is O=C(NC1CCCCC1)N1CCN(C(=O)c2ccc(-n3cncn3)c([N+](=O)[O-])c2)CC1. The molecule has 11 nitrogen and oxygen atoms in total. The van der Waals surface area contributed by atoms with Crippen LogP contribution < -0.4 is 5.32 Å². The lowest BCUT2D eigenvalue weighted by Gasteiger charge is -2.36. The predicted molar refractivity (Wildman–Crippen MR) is 111 cm³/mol. The summed E-state index contributed by atoms with van der Waals surface area (Å²) in [4.78, 5) is 43.6. The van der Waals surface area contributed by atoms with Crippen molar-refractivity contribution in [1.29, 1.82) is 0 Å². The number of urea groups is 1. The second-order valence-corrected chi connectivity index (χ2v) is 7.86. The summed E-state index contributed by atoms with van der Waals surface area (Å²) in [5.74, 6) is -0.291. The summed E-state index contributed by atoms with van der Waals surface area (Å²) in [6.07, 6.45) is 8.21. The molecule has 2 fully saturated rings. The van der Waals surface area contributed by atoms with Crippen LogP contribution in [0.5, 0.6) is 0 Å². The fraction of sp³-hybridized carbons (Fsp3) is 0.500. The van der Waals surface area contributed by atoms with Crippen LogP contribution in [0.15, 0.2) is 30.9 Å². The standard InChI is InChI=1S/C20H25N7O4/c28-19(15-6-7-17(18(12-15)27(30)31)26-14-21-13-22-26)24-8-10-25(11-9-24)20(29)23-16-4-2-1-3-5-16/h6-7,12-14,16H,1-5,8-11H2,(H,23,29). The highest BCUT2D eigenvalue weighted by Gasteiger charge is 2.28. The third kappa shape index (κ3) is 4.65. The molecule has 0 unspecified atom stereocenters. The lowest BCUT2D eigenvalue weighted by molar-refractivity contribution is -0.384. The van der Waals surface area contributed by atoms with Crippen molar-refractivity contribution in [1.82, 2.24) is 29.9 Å². The summed E-state index contributed by atoms with van der Waals surface area (Å²) in [7, 11) is 0. The Morgan fingerprint density at radius 3 is 2.42 bits per heavy atom. The van der Waals surface area contributed by atoms with Gasteiger partial charge in [-0.1, -0.05) is 19.3 Å². The highest BCUT2D eigenvalue weighted by atomic mass is 16.6. The highest BCUT2D eigenvalue weighted by molar-refractivity contribution is 5.95. The van der Waals surface area contributed by atoms with Crippen LogP contribution in [0.3, 0.4) is 0 Å². The summed E-state index contributed by atoms with van der Waals surface area (Å²) in [5, 5.41) is 18.5. The molecular formula is C20H25N7O4. The number of hydrogen-bond acceptors (Lipinski definition) is 6. The Balaban J connectivity index is 1.38. The molecule has 164 valence electrons. The van der Waals surface area contributed by atoms with Gasteiger partial charge in [-0.3, -0.25) is 14.9 Å². The molecule has 1 N–H and O–H groups in total. The number of rotatable bonds is 4. The van der Waals surface area contributed by atoms with Crippen LogP contribution in [0.25, 0.3) is 5.69 Å². The maximum atomic E-state index is 12.9. The first-order chi connectivity index (χ1) is 15.0. The number of amides is 3. The van der Waals surface area contributed by atoms with Crippen LogP contribution in [0.1, 0.15) is 42.5 Å². The number of nitrogens with zero attached hydrogens (tertiary/aromatic N) is 6. The number of carbonyl (C=O) groups excluding carboxylic acids is 2. The largest absolute Gasteiger partial charge is 0.335 e. The molecule has 0 radical (unpaired) electrons. The second-order valence-electron chi connectivity index (χ2n) is 7.86. The molecule has 2 aromatic rings. The molecule has 0 atom stereocenters. The van der Waals surface area contributed by atoms with Crippen LogP contribution in [0.2, 0.25) is 0 Å². The topological polar surface area (TPSA) is 126 Å². The highest BCUT2D eigenvalue weighted by Crippen LogP contribution is 2.24. The molecule has 31 heavy (non-hydrogen) atoms. The molecule has 3 amide bonds. The Bertz CT molecular complexity index is 948. The molecule has 2 heterocycles. The zero-order valence-electron chi connectivity index (χ0n) is 17.1. The molecule has 2 aliphatic rings. The van der Waals surface area contributed by atoms with Crippen molar-refractivity contribution in [2.24, 2.45) is 0 Å². The molecule has 1 saturated heterocycles. The lowest BCUT2D eigenvalue weighted by Crippen LogP contribution is -2.54. The van der Waals surface area contributed by atoms with Crippen molar-refractivity contribution >= 4 is 17.6 Å². The first-order valence-corrected chi connectivity index (χ1v) is 10.5. The van der Waals surface area contributed by atoms with Gasteiger partial charge in [0.05, 0.1) is 4.92 Å². The van der Waals surface area contributed by atoms with Crippen LogP contribution in [0, 0.1) is 10.1 Å². The first-order valence-electron chi connectivity index (χ1n) is 10.5. The van der Waals surface area contributed by atoms with E-state index in [-0.39, 0.29) is 34.9 Å². The van der Waals surface area contributed by atoms with E-state index in [1.54, 1.807) is 15.9 Å². The van der Waals surface area contributed by atoms with Gasteiger partial charge >= 0.3 is 6.03 Å². The van der Waals surface area contributed by atoms with Crippen LogP contribution in [-0.2, 0) is 0 Å². The summed E-state index contributed by atoms with van der Waals surface area (Å²) in [5.41, 5.74) is 0.251. The van der Waals surface area contributed by atoms with Gasteiger partial charge in [-0.05, 0) is 25.0 Å². The molecule has 1 saturated carbocycles. The van der Waals surface area contributed by atoms with Gasteiger partial charge in [-0.25, -0.2) is 14.5 Å². The third-order valence-corrected chi connectivity index (χ3v) is 5.87. The Morgan fingerprint density at radius 2 is 1.77 bits per heavy atom. The fourth-order valence-corrected chi connectivity index (χ4v) is 4.14. The number of nitro groups is 1. The van der Waals surface area contributed by atoms with Crippen LogP contribution in [-0.4, -0.2) is 73.6 Å². The Hall–Kier alpha value is -3.50. The Kier molecular flexibility index (Phi) is 6.10. The average Bonchev–Trinajstić information content (AvgIpc) is 3.34. The molecule has 1 aliphatic heterocycles. The van der Waals surface area contributed by atoms with E-state index in [2.05, 4.69) is 15.4 Å². The molecule has 0 spiro atoms. The van der Waals surface area contributed by atoms with Crippen molar-refractivity contribution < 1.29 is 14.5 Å². The smallest absolute Gasteiger partial charge is 0.317 e. The number of nitro benzene ring substituents is 1. The predicted octanol–water partition coefficient (Wildman–Crippen LogP) is 1.98. The van der Waals surface area contributed by atoms with Gasteiger partial charge in [0.15, 0.2) is 0 Å². The maximum Gasteiger partial charge on any atom is 0.317 e. The van der Waals surface area contributed by atoms with E-state index in [1.807, 2.05) is 0 Å². The molecule has 1 aromatic carbocycles. The van der Waals surface area contributed by atoms with E-state index < -0.39 is 4.92 Å².